The number of carbonyl (C=O) groups excluding carboxylic acids is 1. The zero-order valence-corrected chi connectivity index (χ0v) is 12.8. The Morgan fingerprint density at radius 1 is 1.38 bits per heavy atom. The van der Waals surface area contributed by atoms with Crippen LogP contribution in [0.3, 0.4) is 0 Å². The normalized spacial score (nSPS) is 16.9. The lowest BCUT2D eigenvalue weighted by Crippen LogP contribution is -2.35. The molecule has 0 aliphatic carbocycles. The van der Waals surface area contributed by atoms with Gasteiger partial charge in [0.25, 0.3) is 5.91 Å². The van der Waals surface area contributed by atoms with Gasteiger partial charge in [-0.2, -0.15) is 0 Å². The number of carbonyl (C=O) groups is 1. The predicted octanol–water partition coefficient (Wildman–Crippen LogP) is 2.17. The molecular formula is C17H26N2O2. The Morgan fingerprint density at radius 3 is 2.81 bits per heavy atom. The van der Waals surface area contributed by atoms with E-state index < -0.39 is 0 Å². The number of hydrogen-bond acceptors (Lipinski definition) is 3. The van der Waals surface area contributed by atoms with Gasteiger partial charge < -0.3 is 10.4 Å². The van der Waals surface area contributed by atoms with E-state index in [1.807, 2.05) is 25.1 Å². The maximum absolute atomic E-state index is 12.3. The molecule has 2 N–H and O–H groups in total. The molecule has 1 fully saturated rings. The van der Waals surface area contributed by atoms with E-state index in [0.29, 0.717) is 12.0 Å². The molecule has 1 aliphatic rings. The molecule has 21 heavy (non-hydrogen) atoms. The van der Waals surface area contributed by atoms with E-state index >= 15 is 0 Å². The largest absolute Gasteiger partial charge is 0.396 e. The smallest absolute Gasteiger partial charge is 0.251 e. The van der Waals surface area contributed by atoms with Crippen molar-refractivity contribution in [2.45, 2.75) is 45.2 Å². The monoisotopic (exact) mass is 290 g/mol. The fraction of sp³-hybridized carbons (Fsp3) is 0.588. The summed E-state index contributed by atoms with van der Waals surface area (Å²) in [6.45, 7) is 5.36. The van der Waals surface area contributed by atoms with Crippen molar-refractivity contribution in [3.8, 4) is 0 Å². The fourth-order valence-electron chi connectivity index (χ4n) is 2.81. The van der Waals surface area contributed by atoms with Crippen LogP contribution in [0.15, 0.2) is 24.3 Å². The van der Waals surface area contributed by atoms with Crippen molar-refractivity contribution in [2.75, 3.05) is 19.7 Å². The molecule has 1 aromatic rings. The number of benzene rings is 1. The molecule has 0 radical (unpaired) electrons. The third-order valence-corrected chi connectivity index (χ3v) is 4.10. The Bertz CT molecular complexity index is 456. The second kappa shape index (κ2) is 8.15. The van der Waals surface area contributed by atoms with Crippen LogP contribution < -0.4 is 5.32 Å². The predicted molar refractivity (Wildman–Crippen MR) is 84.2 cm³/mol. The van der Waals surface area contributed by atoms with Gasteiger partial charge in [0.1, 0.15) is 0 Å². The number of amides is 1. The molecule has 1 aromatic carbocycles. The van der Waals surface area contributed by atoms with Gasteiger partial charge in [0.15, 0.2) is 0 Å². The topological polar surface area (TPSA) is 52.6 Å². The molecule has 2 rings (SSSR count). The molecule has 116 valence electrons. The first-order valence-electron chi connectivity index (χ1n) is 7.96. The van der Waals surface area contributed by atoms with E-state index in [2.05, 4.69) is 16.3 Å². The third kappa shape index (κ3) is 4.83. The summed E-state index contributed by atoms with van der Waals surface area (Å²) in [5, 5.41) is 12.0. The highest BCUT2D eigenvalue weighted by molar-refractivity contribution is 5.94. The Hall–Kier alpha value is -1.39. The van der Waals surface area contributed by atoms with Crippen molar-refractivity contribution in [2.24, 2.45) is 0 Å². The second-order valence-corrected chi connectivity index (χ2v) is 5.77. The maximum Gasteiger partial charge on any atom is 0.251 e. The molecule has 1 amide bonds. The molecule has 1 aliphatic heterocycles. The summed E-state index contributed by atoms with van der Waals surface area (Å²) in [4.78, 5) is 14.7. The number of nitrogens with one attached hydrogen (secondary N) is 1. The molecule has 4 heteroatoms. The van der Waals surface area contributed by atoms with Crippen LogP contribution >= 0.6 is 0 Å². The summed E-state index contributed by atoms with van der Waals surface area (Å²) in [5.74, 6) is -0.0430. The van der Waals surface area contributed by atoms with Crippen LogP contribution in [0.25, 0.3) is 0 Å². The number of rotatable bonds is 7. The Balaban J connectivity index is 1.96. The fourth-order valence-corrected chi connectivity index (χ4v) is 2.81. The van der Waals surface area contributed by atoms with Crippen LogP contribution in [0.4, 0.5) is 0 Å². The van der Waals surface area contributed by atoms with E-state index in [0.717, 1.165) is 26.1 Å². The summed E-state index contributed by atoms with van der Waals surface area (Å²) >= 11 is 0. The van der Waals surface area contributed by atoms with Crippen molar-refractivity contribution < 1.29 is 9.90 Å². The molecule has 0 bridgehead atoms. The first-order valence-corrected chi connectivity index (χ1v) is 7.96. The Morgan fingerprint density at radius 2 is 2.14 bits per heavy atom. The molecule has 0 aromatic heterocycles. The lowest BCUT2D eigenvalue weighted by atomic mass is 10.1. The van der Waals surface area contributed by atoms with Gasteiger partial charge in [-0.3, -0.25) is 9.69 Å². The molecule has 0 spiro atoms. The van der Waals surface area contributed by atoms with Gasteiger partial charge in [-0.1, -0.05) is 19.1 Å². The number of aliphatic hydroxyl groups excluding tert-OH is 1. The molecular weight excluding hydrogens is 264 g/mol. The average molecular weight is 290 g/mol. The highest BCUT2D eigenvalue weighted by Gasteiger charge is 2.14. The molecule has 1 unspecified atom stereocenters. The van der Waals surface area contributed by atoms with Crippen LogP contribution in [0.2, 0.25) is 0 Å². The SMILES string of the molecule is CCC(CCO)NC(=O)c1cccc(CN2CCCC2)c1. The molecule has 1 atom stereocenters. The van der Waals surface area contributed by atoms with Gasteiger partial charge in [-0.05, 0) is 56.5 Å². The Labute approximate surface area is 127 Å². The van der Waals surface area contributed by atoms with Crippen molar-refractivity contribution in [3.63, 3.8) is 0 Å². The van der Waals surface area contributed by atoms with Gasteiger partial charge >= 0.3 is 0 Å². The van der Waals surface area contributed by atoms with Gasteiger partial charge in [0, 0.05) is 24.8 Å². The van der Waals surface area contributed by atoms with Gasteiger partial charge in [-0.15, -0.1) is 0 Å². The summed E-state index contributed by atoms with van der Waals surface area (Å²) in [6.07, 6.45) is 3.99. The quantitative estimate of drug-likeness (QED) is 0.809. The highest BCUT2D eigenvalue weighted by atomic mass is 16.3. The number of hydrogen-bond donors (Lipinski definition) is 2. The minimum Gasteiger partial charge on any atom is -0.396 e. The average Bonchev–Trinajstić information content (AvgIpc) is 3.00. The Kier molecular flexibility index (Phi) is 6.21. The summed E-state index contributed by atoms with van der Waals surface area (Å²) < 4.78 is 0. The zero-order valence-electron chi connectivity index (χ0n) is 12.8. The maximum atomic E-state index is 12.3. The van der Waals surface area contributed by atoms with E-state index in [4.69, 9.17) is 5.11 Å². The minimum atomic E-state index is -0.0430. The van der Waals surface area contributed by atoms with Crippen molar-refractivity contribution >= 4 is 5.91 Å². The third-order valence-electron chi connectivity index (χ3n) is 4.10. The minimum absolute atomic E-state index is 0.0430. The molecule has 1 heterocycles. The van der Waals surface area contributed by atoms with Gasteiger partial charge in [0.05, 0.1) is 0 Å². The first kappa shape index (κ1) is 16.0. The van der Waals surface area contributed by atoms with E-state index in [1.54, 1.807) is 0 Å². The number of likely N-dealkylation sites (tertiary alicyclic amines) is 1. The van der Waals surface area contributed by atoms with Crippen LogP contribution in [-0.2, 0) is 6.54 Å². The van der Waals surface area contributed by atoms with E-state index in [1.165, 1.54) is 18.4 Å². The summed E-state index contributed by atoms with van der Waals surface area (Å²) in [6, 6.07) is 7.92. The summed E-state index contributed by atoms with van der Waals surface area (Å²) in [5.41, 5.74) is 1.91. The van der Waals surface area contributed by atoms with Crippen LogP contribution in [0.5, 0.6) is 0 Å². The van der Waals surface area contributed by atoms with Gasteiger partial charge in [-0.25, -0.2) is 0 Å². The zero-order chi connectivity index (χ0) is 15.1. The van der Waals surface area contributed by atoms with Crippen LogP contribution in [-0.4, -0.2) is 41.7 Å². The van der Waals surface area contributed by atoms with Crippen LogP contribution in [0, 0.1) is 0 Å². The van der Waals surface area contributed by atoms with Crippen molar-refractivity contribution in [3.05, 3.63) is 35.4 Å². The van der Waals surface area contributed by atoms with E-state index in [-0.39, 0.29) is 18.6 Å². The van der Waals surface area contributed by atoms with Crippen molar-refractivity contribution in [1.82, 2.24) is 10.2 Å². The molecule has 1 saturated heterocycles. The highest BCUT2D eigenvalue weighted by Crippen LogP contribution is 2.14. The number of aliphatic hydroxyl groups is 1. The molecule has 0 saturated carbocycles. The number of nitrogens with zero attached hydrogens (tertiary/aromatic N) is 1. The first-order chi connectivity index (χ1) is 10.2. The van der Waals surface area contributed by atoms with Crippen LogP contribution in [0.1, 0.15) is 48.5 Å². The van der Waals surface area contributed by atoms with E-state index in [9.17, 15) is 4.79 Å². The lowest BCUT2D eigenvalue weighted by molar-refractivity contribution is 0.0929. The standard InChI is InChI=1S/C17H26N2O2/c1-2-16(8-11-20)18-17(21)15-7-5-6-14(12-15)13-19-9-3-4-10-19/h5-7,12,16,20H,2-4,8-11,13H2,1H3,(H,18,21). The summed E-state index contributed by atoms with van der Waals surface area (Å²) in [7, 11) is 0. The van der Waals surface area contributed by atoms with Crippen molar-refractivity contribution in [1.29, 1.82) is 0 Å². The second-order valence-electron chi connectivity index (χ2n) is 5.77. The molecule has 4 nitrogen and oxygen atoms in total. The van der Waals surface area contributed by atoms with Gasteiger partial charge in [0.2, 0.25) is 0 Å². The lowest BCUT2D eigenvalue weighted by Gasteiger charge is -2.17.